The molecule has 0 aromatic rings. The summed E-state index contributed by atoms with van der Waals surface area (Å²) in [6, 6.07) is -0.00817. The SMILES string of the molecule is CCCNCCS(=O)(=O)NC(CC(C)C)CN(C)C. The Morgan fingerprint density at radius 3 is 2.26 bits per heavy atom. The molecule has 0 aliphatic heterocycles. The van der Waals surface area contributed by atoms with Crippen molar-refractivity contribution in [3.8, 4) is 0 Å². The molecule has 0 aromatic carbocycles. The van der Waals surface area contributed by atoms with Gasteiger partial charge >= 0.3 is 0 Å². The zero-order chi connectivity index (χ0) is 14.9. The number of rotatable bonds is 11. The fourth-order valence-electron chi connectivity index (χ4n) is 1.99. The molecule has 0 bridgehead atoms. The van der Waals surface area contributed by atoms with Crippen molar-refractivity contribution in [1.29, 1.82) is 0 Å². The lowest BCUT2D eigenvalue weighted by Gasteiger charge is -2.23. The van der Waals surface area contributed by atoms with E-state index >= 15 is 0 Å². The molecule has 0 aliphatic rings. The number of likely N-dealkylation sites (N-methyl/N-ethyl adjacent to an activating group) is 1. The Morgan fingerprint density at radius 1 is 1.16 bits per heavy atom. The number of nitrogens with zero attached hydrogens (tertiary/aromatic N) is 1. The van der Waals surface area contributed by atoms with Crippen LogP contribution in [0.2, 0.25) is 0 Å². The Bertz CT molecular complexity index is 306. The van der Waals surface area contributed by atoms with Crippen molar-refractivity contribution in [3.05, 3.63) is 0 Å². The quantitative estimate of drug-likeness (QED) is 0.555. The average molecular weight is 293 g/mol. The van der Waals surface area contributed by atoms with Crippen LogP contribution in [0, 0.1) is 5.92 Å². The second-order valence-electron chi connectivity index (χ2n) is 5.78. The lowest BCUT2D eigenvalue weighted by molar-refractivity contribution is 0.329. The average Bonchev–Trinajstić information content (AvgIpc) is 2.21. The largest absolute Gasteiger partial charge is 0.316 e. The predicted molar refractivity (Wildman–Crippen MR) is 81.9 cm³/mol. The molecule has 2 N–H and O–H groups in total. The molecule has 0 saturated carbocycles. The van der Waals surface area contributed by atoms with Gasteiger partial charge in [-0.2, -0.15) is 0 Å². The first-order chi connectivity index (χ1) is 8.76. The highest BCUT2D eigenvalue weighted by molar-refractivity contribution is 7.89. The Balaban J connectivity index is 4.29. The zero-order valence-electron chi connectivity index (χ0n) is 13.1. The van der Waals surface area contributed by atoms with E-state index < -0.39 is 10.0 Å². The molecule has 0 rings (SSSR count). The predicted octanol–water partition coefficient (Wildman–Crippen LogP) is 0.882. The van der Waals surface area contributed by atoms with Crippen LogP contribution >= 0.6 is 0 Å². The number of sulfonamides is 1. The van der Waals surface area contributed by atoms with Crippen LogP contribution in [0.25, 0.3) is 0 Å². The van der Waals surface area contributed by atoms with Crippen molar-refractivity contribution in [3.63, 3.8) is 0 Å². The third kappa shape index (κ3) is 11.4. The Labute approximate surface area is 119 Å². The van der Waals surface area contributed by atoms with Gasteiger partial charge in [0, 0.05) is 19.1 Å². The summed E-state index contributed by atoms with van der Waals surface area (Å²) >= 11 is 0. The van der Waals surface area contributed by atoms with Crippen molar-refractivity contribution in [2.24, 2.45) is 5.92 Å². The van der Waals surface area contributed by atoms with Crippen LogP contribution in [0.1, 0.15) is 33.6 Å². The second-order valence-corrected chi connectivity index (χ2v) is 7.65. The van der Waals surface area contributed by atoms with E-state index in [4.69, 9.17) is 0 Å². The minimum atomic E-state index is -3.19. The van der Waals surface area contributed by atoms with E-state index in [0.717, 1.165) is 25.9 Å². The van der Waals surface area contributed by atoms with Crippen molar-refractivity contribution >= 4 is 10.0 Å². The smallest absolute Gasteiger partial charge is 0.213 e. The van der Waals surface area contributed by atoms with Crippen LogP contribution in [-0.2, 0) is 10.0 Å². The molecular weight excluding hydrogens is 262 g/mol. The van der Waals surface area contributed by atoms with E-state index in [0.29, 0.717) is 12.5 Å². The number of nitrogens with one attached hydrogen (secondary N) is 2. The van der Waals surface area contributed by atoms with Crippen molar-refractivity contribution in [2.45, 2.75) is 39.7 Å². The zero-order valence-corrected chi connectivity index (χ0v) is 13.9. The Hall–Kier alpha value is -0.170. The highest BCUT2D eigenvalue weighted by Gasteiger charge is 2.19. The highest BCUT2D eigenvalue weighted by Crippen LogP contribution is 2.07. The molecule has 6 heteroatoms. The molecule has 1 unspecified atom stereocenters. The molecule has 0 aliphatic carbocycles. The third-order valence-corrected chi connectivity index (χ3v) is 4.10. The molecule has 5 nitrogen and oxygen atoms in total. The molecule has 116 valence electrons. The Kier molecular flexibility index (Phi) is 9.60. The fourth-order valence-corrected chi connectivity index (χ4v) is 3.20. The van der Waals surface area contributed by atoms with E-state index in [-0.39, 0.29) is 11.8 Å². The van der Waals surface area contributed by atoms with Gasteiger partial charge in [-0.05, 0) is 39.4 Å². The maximum absolute atomic E-state index is 12.0. The summed E-state index contributed by atoms with van der Waals surface area (Å²) in [5.41, 5.74) is 0. The minimum Gasteiger partial charge on any atom is -0.316 e. The lowest BCUT2D eigenvalue weighted by atomic mass is 10.0. The minimum absolute atomic E-state index is 0.00817. The van der Waals surface area contributed by atoms with Crippen LogP contribution in [-0.4, -0.2) is 58.8 Å². The molecule has 0 radical (unpaired) electrons. The van der Waals surface area contributed by atoms with Gasteiger partial charge in [-0.3, -0.25) is 0 Å². The van der Waals surface area contributed by atoms with Crippen molar-refractivity contribution in [1.82, 2.24) is 14.9 Å². The van der Waals surface area contributed by atoms with Crippen LogP contribution in [0.15, 0.2) is 0 Å². The first kappa shape index (κ1) is 18.8. The molecule has 0 aromatic heterocycles. The van der Waals surface area contributed by atoms with Gasteiger partial charge in [-0.25, -0.2) is 13.1 Å². The van der Waals surface area contributed by atoms with Gasteiger partial charge in [-0.1, -0.05) is 20.8 Å². The van der Waals surface area contributed by atoms with Crippen LogP contribution in [0.3, 0.4) is 0 Å². The van der Waals surface area contributed by atoms with Crippen LogP contribution < -0.4 is 10.0 Å². The first-order valence-corrected chi connectivity index (χ1v) is 8.77. The number of hydrogen-bond acceptors (Lipinski definition) is 4. The molecule has 0 amide bonds. The van der Waals surface area contributed by atoms with Gasteiger partial charge in [0.2, 0.25) is 10.0 Å². The summed E-state index contributed by atoms with van der Waals surface area (Å²) in [7, 11) is 0.734. The third-order valence-electron chi connectivity index (χ3n) is 2.66. The molecule has 0 fully saturated rings. The maximum atomic E-state index is 12.0. The highest BCUT2D eigenvalue weighted by atomic mass is 32.2. The van der Waals surface area contributed by atoms with Gasteiger partial charge in [0.05, 0.1) is 5.75 Å². The summed E-state index contributed by atoms with van der Waals surface area (Å²) in [5.74, 6) is 0.625. The van der Waals surface area contributed by atoms with Crippen molar-refractivity contribution < 1.29 is 8.42 Å². The van der Waals surface area contributed by atoms with E-state index in [2.05, 4.69) is 30.8 Å². The van der Waals surface area contributed by atoms with Gasteiger partial charge in [0.25, 0.3) is 0 Å². The lowest BCUT2D eigenvalue weighted by Crippen LogP contribution is -2.44. The van der Waals surface area contributed by atoms with Gasteiger partial charge in [0.1, 0.15) is 0 Å². The summed E-state index contributed by atoms with van der Waals surface area (Å²) < 4.78 is 26.8. The van der Waals surface area contributed by atoms with Gasteiger partial charge in [0.15, 0.2) is 0 Å². The van der Waals surface area contributed by atoms with E-state index in [1.165, 1.54) is 0 Å². The van der Waals surface area contributed by atoms with E-state index in [1.807, 2.05) is 19.0 Å². The van der Waals surface area contributed by atoms with Crippen molar-refractivity contribution in [2.75, 3.05) is 39.5 Å². The summed E-state index contributed by atoms with van der Waals surface area (Å²) in [6.45, 7) is 8.40. The summed E-state index contributed by atoms with van der Waals surface area (Å²) in [6.07, 6.45) is 1.88. The maximum Gasteiger partial charge on any atom is 0.213 e. The molecule has 19 heavy (non-hydrogen) atoms. The van der Waals surface area contributed by atoms with Gasteiger partial charge < -0.3 is 10.2 Å². The van der Waals surface area contributed by atoms with Crippen LogP contribution in [0.5, 0.6) is 0 Å². The molecule has 1 atom stereocenters. The normalized spacial score (nSPS) is 14.3. The molecule has 0 saturated heterocycles. The van der Waals surface area contributed by atoms with E-state index in [1.54, 1.807) is 0 Å². The monoisotopic (exact) mass is 293 g/mol. The molecular formula is C13H31N3O2S. The molecule has 0 spiro atoms. The first-order valence-electron chi connectivity index (χ1n) is 7.12. The standard InChI is InChI=1S/C13H31N3O2S/c1-6-7-14-8-9-19(17,18)15-13(10-12(2)3)11-16(4)5/h12-15H,6-11H2,1-5H3. The fraction of sp³-hybridized carbons (Fsp3) is 1.00. The topological polar surface area (TPSA) is 61.4 Å². The van der Waals surface area contributed by atoms with Gasteiger partial charge in [-0.15, -0.1) is 0 Å². The Morgan fingerprint density at radius 2 is 1.79 bits per heavy atom. The second kappa shape index (κ2) is 9.69. The number of hydrogen-bond donors (Lipinski definition) is 2. The van der Waals surface area contributed by atoms with Crippen LogP contribution in [0.4, 0.5) is 0 Å². The summed E-state index contributed by atoms with van der Waals surface area (Å²) in [5, 5.41) is 3.12. The van der Waals surface area contributed by atoms with E-state index in [9.17, 15) is 8.42 Å². The summed E-state index contributed by atoms with van der Waals surface area (Å²) in [4.78, 5) is 2.02. The molecule has 0 heterocycles.